The van der Waals surface area contributed by atoms with Crippen LogP contribution in [0.1, 0.15) is 21.8 Å². The summed E-state index contributed by atoms with van der Waals surface area (Å²) in [7, 11) is 0. The van der Waals surface area contributed by atoms with Crippen molar-refractivity contribution in [2.24, 2.45) is 0 Å². The molecule has 126 valence electrons. The zero-order valence-electron chi connectivity index (χ0n) is 13.7. The van der Waals surface area contributed by atoms with Gasteiger partial charge in [0, 0.05) is 10.6 Å². The minimum atomic E-state index is -0.146. The lowest BCUT2D eigenvalue weighted by molar-refractivity contribution is 0.105. The molecule has 1 heterocycles. The van der Waals surface area contributed by atoms with Gasteiger partial charge < -0.3 is 4.42 Å². The fourth-order valence-electron chi connectivity index (χ4n) is 2.68. The number of carbonyl (C=O) groups excluding carboxylic acids is 1. The number of aromatic nitrogens is 1. The maximum atomic E-state index is 13.1. The van der Waals surface area contributed by atoms with Crippen LogP contribution in [-0.2, 0) is 0 Å². The van der Waals surface area contributed by atoms with Crippen LogP contribution in [0.2, 0.25) is 5.02 Å². The van der Waals surface area contributed by atoms with Gasteiger partial charge in [-0.3, -0.25) is 4.79 Å². The minimum absolute atomic E-state index is 0.146. The summed E-state index contributed by atoms with van der Waals surface area (Å²) in [4.78, 5) is 17.6. The predicted octanol–water partition coefficient (Wildman–Crippen LogP) is 5.90. The fourth-order valence-corrected chi connectivity index (χ4v) is 2.81. The Balaban J connectivity index is 1.85. The van der Waals surface area contributed by atoms with E-state index in [-0.39, 0.29) is 5.78 Å². The monoisotopic (exact) mass is 359 g/mol. The van der Waals surface area contributed by atoms with Crippen LogP contribution in [0.5, 0.6) is 0 Å². The molecule has 0 radical (unpaired) electrons. The lowest BCUT2D eigenvalue weighted by atomic mass is 10.0. The number of oxazole rings is 1. The molecule has 0 unspecified atom stereocenters. The quantitative estimate of drug-likeness (QED) is 0.336. The van der Waals surface area contributed by atoms with Crippen molar-refractivity contribution in [2.45, 2.75) is 0 Å². The number of benzene rings is 3. The van der Waals surface area contributed by atoms with Gasteiger partial charge in [0.25, 0.3) is 0 Å². The van der Waals surface area contributed by atoms with E-state index in [1.807, 2.05) is 54.6 Å². The second kappa shape index (κ2) is 6.98. The first-order valence-electron chi connectivity index (χ1n) is 8.14. The predicted molar refractivity (Wildman–Crippen MR) is 104 cm³/mol. The molecule has 0 N–H and O–H groups in total. The van der Waals surface area contributed by atoms with Gasteiger partial charge in [-0.15, -0.1) is 0 Å². The molecule has 0 aliphatic carbocycles. The van der Waals surface area contributed by atoms with Gasteiger partial charge in [-0.1, -0.05) is 66.2 Å². The van der Waals surface area contributed by atoms with Gasteiger partial charge in [0.2, 0.25) is 5.89 Å². The Bertz CT molecular complexity index is 1060. The number of carbonyl (C=O) groups is 1. The maximum absolute atomic E-state index is 13.1. The SMILES string of the molecule is O=C(C(=Cc1ccc(Cl)cc1)c1nc2ccccc2o1)c1ccccc1. The van der Waals surface area contributed by atoms with Crippen LogP contribution in [0.4, 0.5) is 0 Å². The molecule has 4 aromatic rings. The van der Waals surface area contributed by atoms with E-state index in [0.717, 1.165) is 5.56 Å². The summed E-state index contributed by atoms with van der Waals surface area (Å²) >= 11 is 5.96. The van der Waals surface area contributed by atoms with Crippen LogP contribution in [0.25, 0.3) is 22.7 Å². The molecule has 4 heteroatoms. The Hall–Kier alpha value is -3.17. The van der Waals surface area contributed by atoms with Crippen molar-refractivity contribution >= 4 is 40.1 Å². The van der Waals surface area contributed by atoms with Crippen LogP contribution >= 0.6 is 11.6 Å². The third kappa shape index (κ3) is 3.30. The molecule has 0 atom stereocenters. The van der Waals surface area contributed by atoms with Crippen LogP contribution in [0.15, 0.2) is 83.3 Å². The number of halogens is 1. The summed E-state index contributed by atoms with van der Waals surface area (Å²) in [5.74, 6) is 0.155. The topological polar surface area (TPSA) is 43.1 Å². The zero-order chi connectivity index (χ0) is 17.9. The Morgan fingerprint density at radius 1 is 0.885 bits per heavy atom. The van der Waals surface area contributed by atoms with Gasteiger partial charge in [-0.2, -0.15) is 0 Å². The molecule has 0 saturated heterocycles. The van der Waals surface area contributed by atoms with Gasteiger partial charge in [0.15, 0.2) is 11.4 Å². The van der Waals surface area contributed by atoms with Crippen LogP contribution in [0, 0.1) is 0 Å². The van der Waals surface area contributed by atoms with Crippen LogP contribution < -0.4 is 0 Å². The highest BCUT2D eigenvalue weighted by atomic mass is 35.5. The average Bonchev–Trinajstić information content (AvgIpc) is 3.11. The number of hydrogen-bond acceptors (Lipinski definition) is 3. The molecule has 3 nitrogen and oxygen atoms in total. The number of Topliss-reactive ketones (excluding diaryl/α,β-unsaturated/α-hetero) is 1. The summed E-state index contributed by atoms with van der Waals surface area (Å²) in [5.41, 5.74) is 3.18. The van der Waals surface area contributed by atoms with Crippen molar-refractivity contribution in [1.29, 1.82) is 0 Å². The Morgan fingerprint density at radius 3 is 2.31 bits per heavy atom. The van der Waals surface area contributed by atoms with Crippen LogP contribution in [0.3, 0.4) is 0 Å². The molecule has 0 bridgehead atoms. The van der Waals surface area contributed by atoms with E-state index in [9.17, 15) is 4.79 Å². The standard InChI is InChI=1S/C22H14ClNO2/c23-17-12-10-15(11-13-17)14-18(21(25)16-6-2-1-3-7-16)22-24-19-8-4-5-9-20(19)26-22/h1-14H. The highest BCUT2D eigenvalue weighted by Crippen LogP contribution is 2.26. The summed E-state index contributed by atoms with van der Waals surface area (Å²) in [5, 5.41) is 0.639. The minimum Gasteiger partial charge on any atom is -0.436 e. The van der Waals surface area contributed by atoms with Gasteiger partial charge in [0.1, 0.15) is 5.52 Å². The summed E-state index contributed by atoms with van der Waals surface area (Å²) in [6, 6.07) is 23.8. The molecule has 3 aromatic carbocycles. The highest BCUT2D eigenvalue weighted by Gasteiger charge is 2.20. The lowest BCUT2D eigenvalue weighted by Crippen LogP contribution is -2.03. The molecule has 0 spiro atoms. The number of nitrogens with zero attached hydrogens (tertiary/aromatic N) is 1. The summed E-state index contributed by atoms with van der Waals surface area (Å²) in [6.07, 6.45) is 1.77. The van der Waals surface area contributed by atoms with E-state index < -0.39 is 0 Å². The Kier molecular flexibility index (Phi) is 4.38. The molecule has 0 aliphatic rings. The van der Waals surface area contributed by atoms with Crippen molar-refractivity contribution in [2.75, 3.05) is 0 Å². The molecule has 0 saturated carbocycles. The number of para-hydroxylation sites is 2. The number of allylic oxidation sites excluding steroid dienone is 1. The first kappa shape index (κ1) is 16.3. The summed E-state index contributed by atoms with van der Waals surface area (Å²) in [6.45, 7) is 0. The Morgan fingerprint density at radius 2 is 1.58 bits per heavy atom. The molecular formula is C22H14ClNO2. The van der Waals surface area contributed by atoms with E-state index in [2.05, 4.69) is 4.98 Å². The molecular weight excluding hydrogens is 346 g/mol. The summed E-state index contributed by atoms with van der Waals surface area (Å²) < 4.78 is 5.84. The second-order valence-corrected chi connectivity index (χ2v) is 6.23. The van der Waals surface area contributed by atoms with E-state index in [1.165, 1.54) is 0 Å². The second-order valence-electron chi connectivity index (χ2n) is 5.79. The van der Waals surface area contributed by atoms with Crippen molar-refractivity contribution in [3.8, 4) is 0 Å². The van der Waals surface area contributed by atoms with Crippen molar-refractivity contribution in [1.82, 2.24) is 4.98 Å². The van der Waals surface area contributed by atoms with Gasteiger partial charge in [0.05, 0.1) is 5.57 Å². The number of hydrogen-bond donors (Lipinski definition) is 0. The van der Waals surface area contributed by atoms with E-state index in [1.54, 1.807) is 30.3 Å². The van der Waals surface area contributed by atoms with Crippen molar-refractivity contribution in [3.05, 3.63) is 101 Å². The molecule has 26 heavy (non-hydrogen) atoms. The lowest BCUT2D eigenvalue weighted by Gasteiger charge is -2.04. The third-order valence-corrected chi connectivity index (χ3v) is 4.24. The van der Waals surface area contributed by atoms with Gasteiger partial charge in [-0.25, -0.2) is 4.98 Å². The van der Waals surface area contributed by atoms with E-state index >= 15 is 0 Å². The van der Waals surface area contributed by atoms with Gasteiger partial charge >= 0.3 is 0 Å². The fraction of sp³-hybridized carbons (Fsp3) is 0. The molecule has 0 aliphatic heterocycles. The number of ketones is 1. The first-order valence-corrected chi connectivity index (χ1v) is 8.51. The third-order valence-electron chi connectivity index (χ3n) is 3.99. The highest BCUT2D eigenvalue weighted by molar-refractivity contribution is 6.32. The largest absolute Gasteiger partial charge is 0.436 e. The van der Waals surface area contributed by atoms with Gasteiger partial charge in [-0.05, 0) is 35.9 Å². The zero-order valence-corrected chi connectivity index (χ0v) is 14.5. The van der Waals surface area contributed by atoms with Crippen molar-refractivity contribution in [3.63, 3.8) is 0 Å². The van der Waals surface area contributed by atoms with Crippen LogP contribution in [-0.4, -0.2) is 10.8 Å². The smallest absolute Gasteiger partial charge is 0.231 e. The number of fused-ring (bicyclic) bond motifs is 1. The average molecular weight is 360 g/mol. The normalized spacial score (nSPS) is 11.7. The molecule has 0 amide bonds. The molecule has 0 fully saturated rings. The van der Waals surface area contributed by atoms with E-state index in [0.29, 0.717) is 33.1 Å². The van der Waals surface area contributed by atoms with Crippen molar-refractivity contribution < 1.29 is 9.21 Å². The first-order chi connectivity index (χ1) is 12.7. The Labute approximate surface area is 155 Å². The molecule has 1 aromatic heterocycles. The van der Waals surface area contributed by atoms with E-state index in [4.69, 9.17) is 16.0 Å². The maximum Gasteiger partial charge on any atom is 0.231 e. The number of rotatable bonds is 4. The molecule has 4 rings (SSSR count).